The van der Waals surface area contributed by atoms with Crippen LogP contribution in [-0.4, -0.2) is 19.9 Å². The molecule has 0 unspecified atom stereocenters. The molecule has 0 saturated carbocycles. The summed E-state index contributed by atoms with van der Waals surface area (Å²) >= 11 is 0. The van der Waals surface area contributed by atoms with Gasteiger partial charge in [0, 0.05) is 47.5 Å². The molecule has 0 fully saturated rings. The van der Waals surface area contributed by atoms with E-state index in [0.717, 1.165) is 0 Å². The standard InChI is InChI=1S/3C8H7N.C4H5N/c3*1-2-4-8-7(3-1)5-6-9-8;1-2-4-5-3-1/h3*1-6,9H;1-5H. The second-order valence-electron chi connectivity index (χ2n) is 7.08. The van der Waals surface area contributed by atoms with Crippen molar-refractivity contribution in [2.75, 3.05) is 0 Å². The van der Waals surface area contributed by atoms with Gasteiger partial charge in [-0.3, -0.25) is 0 Å². The van der Waals surface area contributed by atoms with Gasteiger partial charge >= 0.3 is 0 Å². The van der Waals surface area contributed by atoms with Crippen molar-refractivity contribution in [1.82, 2.24) is 19.9 Å². The number of rotatable bonds is 0. The van der Waals surface area contributed by atoms with Gasteiger partial charge in [-0.25, -0.2) is 0 Å². The third-order valence-corrected chi connectivity index (χ3v) is 4.88. The van der Waals surface area contributed by atoms with Crippen LogP contribution in [0.15, 0.2) is 134 Å². The molecule has 0 atom stereocenters. The van der Waals surface area contributed by atoms with E-state index in [0.29, 0.717) is 0 Å². The first-order chi connectivity index (χ1) is 15.9. The zero-order chi connectivity index (χ0) is 21.8. The molecule has 0 aliphatic carbocycles. The minimum Gasteiger partial charge on any atom is -0.368 e. The Labute approximate surface area is 187 Å². The van der Waals surface area contributed by atoms with E-state index in [1.54, 1.807) is 0 Å². The van der Waals surface area contributed by atoms with Crippen LogP contribution in [0.4, 0.5) is 0 Å². The predicted molar refractivity (Wildman–Crippen MR) is 136 cm³/mol. The Kier molecular flexibility index (Phi) is 7.21. The van der Waals surface area contributed by atoms with Gasteiger partial charge in [0.15, 0.2) is 0 Å². The molecule has 158 valence electrons. The third-order valence-electron chi connectivity index (χ3n) is 4.88. The highest BCUT2D eigenvalue weighted by molar-refractivity contribution is 5.80. The average Bonchev–Trinajstić information content (AvgIpc) is 3.67. The lowest BCUT2D eigenvalue weighted by Crippen LogP contribution is -1.61. The van der Waals surface area contributed by atoms with Crippen molar-refractivity contribution in [1.29, 1.82) is 0 Å². The monoisotopic (exact) mass is 418 g/mol. The van der Waals surface area contributed by atoms with E-state index in [4.69, 9.17) is 0 Å². The number of para-hydroxylation sites is 3. The van der Waals surface area contributed by atoms with Gasteiger partial charge in [0.2, 0.25) is 0 Å². The number of hydrogen-bond acceptors (Lipinski definition) is 0. The molecule has 4 aromatic heterocycles. The lowest BCUT2D eigenvalue weighted by Gasteiger charge is -1.83. The highest BCUT2D eigenvalue weighted by atomic mass is 14.7. The fourth-order valence-electron chi connectivity index (χ4n) is 3.26. The number of aromatic amines is 4. The number of aromatic nitrogens is 4. The molecule has 0 bridgehead atoms. The molecule has 7 aromatic rings. The van der Waals surface area contributed by atoms with Crippen molar-refractivity contribution >= 4 is 32.7 Å². The van der Waals surface area contributed by atoms with E-state index in [-0.39, 0.29) is 0 Å². The van der Waals surface area contributed by atoms with Gasteiger partial charge in [-0.05, 0) is 64.7 Å². The Morgan fingerprint density at radius 2 is 0.656 bits per heavy atom. The minimum atomic E-state index is 1.21. The molecular formula is C28H26N4. The van der Waals surface area contributed by atoms with Gasteiger partial charge in [0.25, 0.3) is 0 Å². The Balaban J connectivity index is 0.000000104. The lowest BCUT2D eigenvalue weighted by molar-refractivity contribution is 1.42. The minimum absolute atomic E-state index is 1.21. The van der Waals surface area contributed by atoms with Gasteiger partial charge in [-0.15, -0.1) is 0 Å². The third kappa shape index (κ3) is 5.80. The smallest absolute Gasteiger partial charge is 0.0453 e. The topological polar surface area (TPSA) is 63.2 Å². The highest BCUT2D eigenvalue weighted by Gasteiger charge is 1.88. The number of H-pyrrole nitrogens is 4. The second-order valence-corrected chi connectivity index (χ2v) is 7.08. The quantitative estimate of drug-likeness (QED) is 0.197. The van der Waals surface area contributed by atoms with E-state index in [2.05, 4.69) is 74.5 Å². The van der Waals surface area contributed by atoms with Crippen LogP contribution in [-0.2, 0) is 0 Å². The van der Waals surface area contributed by atoms with Gasteiger partial charge in [0.05, 0.1) is 0 Å². The molecule has 4 N–H and O–H groups in total. The summed E-state index contributed by atoms with van der Waals surface area (Å²) in [5.41, 5.74) is 3.62. The van der Waals surface area contributed by atoms with E-state index < -0.39 is 0 Å². The van der Waals surface area contributed by atoms with E-state index in [9.17, 15) is 0 Å². The summed E-state index contributed by atoms with van der Waals surface area (Å²) in [4.78, 5) is 12.2. The number of benzene rings is 3. The summed E-state index contributed by atoms with van der Waals surface area (Å²) in [5, 5.41) is 3.83. The number of fused-ring (bicyclic) bond motifs is 3. The van der Waals surface area contributed by atoms with Gasteiger partial charge in [0.1, 0.15) is 0 Å². The van der Waals surface area contributed by atoms with Crippen molar-refractivity contribution in [3.63, 3.8) is 0 Å². The largest absolute Gasteiger partial charge is 0.368 e. The Hall–Kier alpha value is -4.44. The van der Waals surface area contributed by atoms with Gasteiger partial charge < -0.3 is 19.9 Å². The number of nitrogens with one attached hydrogen (secondary N) is 4. The van der Waals surface area contributed by atoms with Crippen LogP contribution in [0.5, 0.6) is 0 Å². The van der Waals surface area contributed by atoms with Crippen LogP contribution < -0.4 is 0 Å². The molecule has 4 heterocycles. The van der Waals surface area contributed by atoms with Crippen LogP contribution in [0.2, 0.25) is 0 Å². The molecular weight excluding hydrogens is 392 g/mol. The molecule has 0 spiro atoms. The molecule has 0 aliphatic rings. The summed E-state index contributed by atoms with van der Waals surface area (Å²) in [5.74, 6) is 0. The molecule has 0 saturated heterocycles. The summed E-state index contributed by atoms with van der Waals surface area (Å²) in [6, 6.07) is 34.7. The summed E-state index contributed by atoms with van der Waals surface area (Å²) in [7, 11) is 0. The van der Waals surface area contributed by atoms with E-state index in [1.165, 1.54) is 32.7 Å². The highest BCUT2D eigenvalue weighted by Crippen LogP contribution is 2.10. The van der Waals surface area contributed by atoms with Crippen molar-refractivity contribution in [3.05, 3.63) is 134 Å². The lowest BCUT2D eigenvalue weighted by atomic mass is 10.3. The summed E-state index contributed by atoms with van der Waals surface area (Å²) in [6.07, 6.45) is 9.60. The fourth-order valence-corrected chi connectivity index (χ4v) is 3.26. The van der Waals surface area contributed by atoms with Crippen molar-refractivity contribution in [2.24, 2.45) is 0 Å². The first-order valence-corrected chi connectivity index (χ1v) is 10.5. The number of hydrogen-bond donors (Lipinski definition) is 4. The first kappa shape index (κ1) is 20.8. The fraction of sp³-hybridized carbons (Fsp3) is 0. The first-order valence-electron chi connectivity index (χ1n) is 10.5. The zero-order valence-electron chi connectivity index (χ0n) is 17.7. The van der Waals surface area contributed by atoms with Crippen molar-refractivity contribution in [3.8, 4) is 0 Å². The SMILES string of the molecule is c1cc[nH]c1.c1ccc2[nH]ccc2c1.c1ccc2[nH]ccc2c1.c1ccc2[nH]ccc2c1. The van der Waals surface area contributed by atoms with Crippen LogP contribution in [0.1, 0.15) is 0 Å². The van der Waals surface area contributed by atoms with Crippen molar-refractivity contribution < 1.29 is 0 Å². The average molecular weight is 419 g/mol. The van der Waals surface area contributed by atoms with Crippen LogP contribution >= 0.6 is 0 Å². The van der Waals surface area contributed by atoms with Crippen LogP contribution in [0.3, 0.4) is 0 Å². The maximum atomic E-state index is 3.12. The van der Waals surface area contributed by atoms with Crippen LogP contribution in [0.25, 0.3) is 32.7 Å². The van der Waals surface area contributed by atoms with E-state index in [1.807, 2.05) is 79.5 Å². The molecule has 0 amide bonds. The summed E-state index contributed by atoms with van der Waals surface area (Å²) < 4.78 is 0. The molecule has 32 heavy (non-hydrogen) atoms. The molecule has 0 radical (unpaired) electrons. The Morgan fingerprint density at radius 1 is 0.312 bits per heavy atom. The molecule has 3 aromatic carbocycles. The van der Waals surface area contributed by atoms with Crippen molar-refractivity contribution in [2.45, 2.75) is 0 Å². The Morgan fingerprint density at radius 3 is 0.938 bits per heavy atom. The normalized spacial score (nSPS) is 9.88. The van der Waals surface area contributed by atoms with Gasteiger partial charge in [-0.1, -0.05) is 54.6 Å². The Bertz CT molecular complexity index is 1170. The zero-order valence-corrected chi connectivity index (χ0v) is 17.7. The van der Waals surface area contributed by atoms with E-state index >= 15 is 0 Å². The molecule has 4 heteroatoms. The molecule has 7 rings (SSSR count). The molecule has 4 nitrogen and oxygen atoms in total. The maximum absolute atomic E-state index is 3.12. The predicted octanol–water partition coefficient (Wildman–Crippen LogP) is 7.52. The van der Waals surface area contributed by atoms with Crippen LogP contribution in [0, 0.1) is 0 Å². The second kappa shape index (κ2) is 11.1. The molecule has 0 aliphatic heterocycles. The van der Waals surface area contributed by atoms with Gasteiger partial charge in [-0.2, -0.15) is 0 Å². The summed E-state index contributed by atoms with van der Waals surface area (Å²) in [6.45, 7) is 0. The maximum Gasteiger partial charge on any atom is 0.0453 e.